The summed E-state index contributed by atoms with van der Waals surface area (Å²) in [6.45, 7) is 0. The average molecular weight is 386 g/mol. The Morgan fingerprint density at radius 3 is 2.54 bits per heavy atom. The molecule has 0 spiro atoms. The highest BCUT2D eigenvalue weighted by atomic mass is 79.9. The number of halogens is 1. The lowest BCUT2D eigenvalue weighted by atomic mass is 10.1. The van der Waals surface area contributed by atoms with Crippen molar-refractivity contribution in [2.75, 3.05) is 5.73 Å². The Morgan fingerprint density at radius 2 is 1.83 bits per heavy atom. The molecule has 3 aromatic rings. The Labute approximate surface area is 145 Å². The van der Waals surface area contributed by atoms with Gasteiger partial charge in [-0.05, 0) is 24.3 Å². The van der Waals surface area contributed by atoms with Crippen molar-refractivity contribution < 1.29 is 9.90 Å². The number of nitrogens with zero attached hydrogens (tertiary/aromatic N) is 3. The van der Waals surface area contributed by atoms with Crippen LogP contribution in [-0.4, -0.2) is 21.3 Å². The number of nitrogens with one attached hydrogen (secondary N) is 1. The van der Waals surface area contributed by atoms with Crippen LogP contribution in [0.4, 0.5) is 17.2 Å². The van der Waals surface area contributed by atoms with Crippen LogP contribution in [0, 0.1) is 0 Å². The fraction of sp³-hybridized carbons (Fsp3) is 0. The molecule has 24 heavy (non-hydrogen) atoms. The molecule has 0 fully saturated rings. The smallest absolute Gasteiger partial charge is 0.337 e. The van der Waals surface area contributed by atoms with Crippen molar-refractivity contribution in [2.24, 2.45) is 10.2 Å². The van der Waals surface area contributed by atoms with Gasteiger partial charge in [0.2, 0.25) is 0 Å². The van der Waals surface area contributed by atoms with Gasteiger partial charge in [0.05, 0.1) is 11.3 Å². The molecule has 0 aliphatic rings. The number of H-pyrrole nitrogens is 1. The van der Waals surface area contributed by atoms with Gasteiger partial charge < -0.3 is 10.8 Å². The van der Waals surface area contributed by atoms with E-state index in [1.54, 1.807) is 18.2 Å². The number of hydrogen-bond donors (Lipinski definition) is 3. The first-order valence-corrected chi connectivity index (χ1v) is 7.69. The largest absolute Gasteiger partial charge is 0.478 e. The number of nitrogen functional groups attached to an aromatic ring is 1. The predicted octanol–water partition coefficient (Wildman–Crippen LogP) is 4.54. The number of carboxylic acids is 1. The summed E-state index contributed by atoms with van der Waals surface area (Å²) in [6.07, 6.45) is 0. The van der Waals surface area contributed by atoms with Crippen LogP contribution in [-0.2, 0) is 0 Å². The predicted molar refractivity (Wildman–Crippen MR) is 93.7 cm³/mol. The number of anilines is 1. The Morgan fingerprint density at radius 1 is 1.12 bits per heavy atom. The molecule has 8 heteroatoms. The van der Waals surface area contributed by atoms with Gasteiger partial charge in [0.25, 0.3) is 0 Å². The summed E-state index contributed by atoms with van der Waals surface area (Å²) < 4.78 is 0.942. The molecule has 0 amide bonds. The van der Waals surface area contributed by atoms with E-state index in [2.05, 4.69) is 36.4 Å². The Balaban J connectivity index is 2.01. The number of carboxylic acid groups (broad SMARTS) is 1. The second kappa shape index (κ2) is 6.63. The Kier molecular flexibility index (Phi) is 4.39. The van der Waals surface area contributed by atoms with E-state index in [1.165, 1.54) is 6.07 Å². The minimum atomic E-state index is -1.07. The Hall–Kier alpha value is -3.00. The number of aromatic carboxylic acids is 1. The third-order valence-corrected chi connectivity index (χ3v) is 3.82. The first-order chi connectivity index (χ1) is 11.6. The van der Waals surface area contributed by atoms with Crippen molar-refractivity contribution >= 4 is 39.1 Å². The highest BCUT2D eigenvalue weighted by Crippen LogP contribution is 2.35. The summed E-state index contributed by atoms with van der Waals surface area (Å²) in [5.41, 5.74) is 7.96. The van der Waals surface area contributed by atoms with Crippen LogP contribution in [0.15, 0.2) is 63.2 Å². The second-order valence-corrected chi connectivity index (χ2v) is 5.78. The monoisotopic (exact) mass is 385 g/mol. The Bertz CT molecular complexity index is 918. The number of rotatable bonds is 4. The van der Waals surface area contributed by atoms with Gasteiger partial charge >= 0.3 is 5.97 Å². The van der Waals surface area contributed by atoms with Gasteiger partial charge in [-0.3, -0.25) is 5.10 Å². The van der Waals surface area contributed by atoms with Crippen LogP contribution in [0.2, 0.25) is 0 Å². The summed E-state index contributed by atoms with van der Waals surface area (Å²) >= 11 is 3.38. The summed E-state index contributed by atoms with van der Waals surface area (Å²) in [6, 6.07) is 13.9. The van der Waals surface area contributed by atoms with Crippen LogP contribution in [0.25, 0.3) is 11.3 Å². The summed E-state index contributed by atoms with van der Waals surface area (Å²) in [5, 5.41) is 24.1. The fourth-order valence-corrected chi connectivity index (χ4v) is 2.38. The summed E-state index contributed by atoms with van der Waals surface area (Å²) in [4.78, 5) is 11.2. The highest BCUT2D eigenvalue weighted by Gasteiger charge is 2.13. The van der Waals surface area contributed by atoms with E-state index in [9.17, 15) is 9.90 Å². The van der Waals surface area contributed by atoms with Crippen LogP contribution >= 0.6 is 15.9 Å². The van der Waals surface area contributed by atoms with Gasteiger partial charge in [0.15, 0.2) is 11.5 Å². The molecular weight excluding hydrogens is 374 g/mol. The van der Waals surface area contributed by atoms with Gasteiger partial charge in [-0.1, -0.05) is 40.2 Å². The molecule has 0 atom stereocenters. The standard InChI is InChI=1S/C16H12BrN5O2/c17-10-7-5-9(6-8-10)13-14(15(18)22-20-13)21-19-12-4-2-1-3-11(12)16(23)24/h1-8H,(H,23,24)(H3,18,20,22). The zero-order valence-corrected chi connectivity index (χ0v) is 13.9. The normalized spacial score (nSPS) is 11.0. The first-order valence-electron chi connectivity index (χ1n) is 6.90. The lowest BCUT2D eigenvalue weighted by Crippen LogP contribution is -1.95. The summed E-state index contributed by atoms with van der Waals surface area (Å²) in [5.74, 6) is -0.887. The zero-order chi connectivity index (χ0) is 17.1. The maximum absolute atomic E-state index is 11.2. The molecule has 3 rings (SSSR count). The number of aromatic nitrogens is 2. The third kappa shape index (κ3) is 3.18. The number of azo groups is 1. The van der Waals surface area contributed by atoms with Crippen molar-refractivity contribution in [3.8, 4) is 11.3 Å². The van der Waals surface area contributed by atoms with Gasteiger partial charge in [-0.15, -0.1) is 10.2 Å². The van der Waals surface area contributed by atoms with Crippen LogP contribution in [0.5, 0.6) is 0 Å². The molecule has 0 radical (unpaired) electrons. The molecule has 0 saturated carbocycles. The molecule has 120 valence electrons. The van der Waals surface area contributed by atoms with E-state index >= 15 is 0 Å². The van der Waals surface area contributed by atoms with E-state index in [4.69, 9.17) is 5.73 Å². The zero-order valence-electron chi connectivity index (χ0n) is 12.3. The van der Waals surface area contributed by atoms with E-state index in [1.807, 2.05) is 24.3 Å². The number of carbonyl (C=O) groups is 1. The van der Waals surface area contributed by atoms with Crippen LogP contribution in [0.1, 0.15) is 10.4 Å². The third-order valence-electron chi connectivity index (χ3n) is 3.29. The van der Waals surface area contributed by atoms with Gasteiger partial charge in [-0.2, -0.15) is 5.10 Å². The molecule has 1 aromatic heterocycles. The molecular formula is C16H12BrN5O2. The second-order valence-electron chi connectivity index (χ2n) is 4.86. The maximum Gasteiger partial charge on any atom is 0.337 e. The van der Waals surface area contributed by atoms with Crippen LogP contribution < -0.4 is 5.73 Å². The lowest BCUT2D eigenvalue weighted by molar-refractivity contribution is 0.0698. The van der Waals surface area contributed by atoms with E-state index in [0.717, 1.165) is 10.0 Å². The van der Waals surface area contributed by atoms with E-state index < -0.39 is 5.97 Å². The summed E-state index contributed by atoms with van der Waals surface area (Å²) in [7, 11) is 0. The average Bonchev–Trinajstić information content (AvgIpc) is 2.94. The molecule has 0 bridgehead atoms. The molecule has 0 saturated heterocycles. The van der Waals surface area contributed by atoms with Gasteiger partial charge in [-0.25, -0.2) is 4.79 Å². The number of aromatic amines is 1. The van der Waals surface area contributed by atoms with Crippen molar-refractivity contribution in [1.29, 1.82) is 0 Å². The maximum atomic E-state index is 11.2. The number of benzene rings is 2. The topological polar surface area (TPSA) is 117 Å². The molecule has 1 heterocycles. The van der Waals surface area contributed by atoms with Crippen molar-refractivity contribution in [1.82, 2.24) is 10.2 Å². The molecule has 0 unspecified atom stereocenters. The van der Waals surface area contributed by atoms with E-state index in [0.29, 0.717) is 11.4 Å². The fourth-order valence-electron chi connectivity index (χ4n) is 2.11. The van der Waals surface area contributed by atoms with Crippen molar-refractivity contribution in [2.45, 2.75) is 0 Å². The first kappa shape index (κ1) is 15.9. The van der Waals surface area contributed by atoms with E-state index in [-0.39, 0.29) is 17.1 Å². The molecule has 4 N–H and O–H groups in total. The quantitative estimate of drug-likeness (QED) is 0.571. The van der Waals surface area contributed by atoms with Crippen LogP contribution in [0.3, 0.4) is 0 Å². The van der Waals surface area contributed by atoms with Crippen molar-refractivity contribution in [3.63, 3.8) is 0 Å². The molecule has 0 aliphatic heterocycles. The van der Waals surface area contributed by atoms with Gasteiger partial charge in [0.1, 0.15) is 5.69 Å². The minimum absolute atomic E-state index is 0.0634. The SMILES string of the molecule is Nc1n[nH]c(-c2ccc(Br)cc2)c1N=Nc1ccccc1C(=O)O. The molecule has 0 aliphatic carbocycles. The lowest BCUT2D eigenvalue weighted by Gasteiger charge is -2.01. The highest BCUT2D eigenvalue weighted by molar-refractivity contribution is 9.10. The van der Waals surface area contributed by atoms with Crippen molar-refractivity contribution in [3.05, 3.63) is 58.6 Å². The molecule has 7 nitrogen and oxygen atoms in total. The number of hydrogen-bond acceptors (Lipinski definition) is 5. The molecule has 2 aromatic carbocycles. The van der Waals surface area contributed by atoms with Gasteiger partial charge in [0, 0.05) is 10.0 Å². The minimum Gasteiger partial charge on any atom is -0.478 e. The number of nitrogens with two attached hydrogens (primary N) is 1.